The normalized spacial score (nSPS) is 11.2. The number of hydrogen-bond acceptors (Lipinski definition) is 4. The van der Waals surface area contributed by atoms with Gasteiger partial charge in [0.15, 0.2) is 11.6 Å². The Morgan fingerprint density at radius 1 is 1.12 bits per heavy atom. The molecule has 4 nitrogen and oxygen atoms in total. The summed E-state index contributed by atoms with van der Waals surface area (Å²) in [5, 5.41) is 0. The van der Waals surface area contributed by atoms with Crippen molar-refractivity contribution in [2.24, 2.45) is 0 Å². The van der Waals surface area contributed by atoms with Gasteiger partial charge in [-0.2, -0.15) is 0 Å². The summed E-state index contributed by atoms with van der Waals surface area (Å²) >= 11 is 0. The summed E-state index contributed by atoms with van der Waals surface area (Å²) in [4.78, 5) is 23.6. The summed E-state index contributed by atoms with van der Waals surface area (Å²) in [6.45, 7) is 7.91. The van der Waals surface area contributed by atoms with Gasteiger partial charge in [0, 0.05) is 12.8 Å². The van der Waals surface area contributed by atoms with Crippen molar-refractivity contribution in [1.29, 1.82) is 0 Å². The van der Waals surface area contributed by atoms with Gasteiger partial charge >= 0.3 is 5.97 Å². The highest BCUT2D eigenvalue weighted by molar-refractivity contribution is 5.84. The zero-order valence-corrected chi connectivity index (χ0v) is 15.7. The van der Waals surface area contributed by atoms with Gasteiger partial charge in [-0.05, 0) is 44.9 Å². The molecule has 0 aliphatic rings. The van der Waals surface area contributed by atoms with E-state index in [1.54, 1.807) is 32.9 Å². The van der Waals surface area contributed by atoms with Crippen molar-refractivity contribution in [2.45, 2.75) is 71.8 Å². The number of carbonyl (C=O) groups excluding carboxylic acids is 2. The van der Waals surface area contributed by atoms with Gasteiger partial charge < -0.3 is 9.47 Å². The Bertz CT molecular complexity index is 576. The van der Waals surface area contributed by atoms with Gasteiger partial charge in [0.2, 0.25) is 0 Å². The van der Waals surface area contributed by atoms with Crippen molar-refractivity contribution in [1.82, 2.24) is 0 Å². The molecule has 25 heavy (non-hydrogen) atoms. The molecule has 0 N–H and O–H groups in total. The Morgan fingerprint density at radius 3 is 2.44 bits per heavy atom. The molecule has 0 aliphatic heterocycles. The highest BCUT2D eigenvalue weighted by Gasteiger charge is 2.17. The van der Waals surface area contributed by atoms with Gasteiger partial charge in [-0.1, -0.05) is 25.8 Å². The number of carbonyl (C=O) groups is 2. The Morgan fingerprint density at radius 2 is 1.84 bits per heavy atom. The smallest absolute Gasteiger partial charge is 0.306 e. The molecule has 0 saturated carbocycles. The van der Waals surface area contributed by atoms with E-state index >= 15 is 0 Å². The Balaban J connectivity index is 2.44. The second-order valence-corrected chi connectivity index (χ2v) is 7.12. The number of Topliss-reactive ketones (excluding diaryl/α,β-unsaturated/α-hetero) is 1. The van der Waals surface area contributed by atoms with Gasteiger partial charge in [-0.3, -0.25) is 9.59 Å². The molecule has 0 radical (unpaired) electrons. The highest BCUT2D eigenvalue weighted by Crippen LogP contribution is 2.20. The molecule has 140 valence electrons. The first kappa shape index (κ1) is 21.1. The summed E-state index contributed by atoms with van der Waals surface area (Å²) < 4.78 is 24.6. The summed E-state index contributed by atoms with van der Waals surface area (Å²) in [5.74, 6) is -0.778. The molecule has 1 rings (SSSR count). The molecule has 1 aromatic carbocycles. The van der Waals surface area contributed by atoms with Crippen molar-refractivity contribution < 1.29 is 23.5 Å². The molecule has 0 bridgehead atoms. The predicted molar refractivity (Wildman–Crippen MR) is 95.2 cm³/mol. The maximum Gasteiger partial charge on any atom is 0.306 e. The van der Waals surface area contributed by atoms with Crippen molar-refractivity contribution in [3.05, 3.63) is 29.6 Å². The first-order valence-electron chi connectivity index (χ1n) is 8.86. The second-order valence-electron chi connectivity index (χ2n) is 7.12. The predicted octanol–water partition coefficient (Wildman–Crippen LogP) is 4.63. The zero-order valence-electron chi connectivity index (χ0n) is 15.7. The van der Waals surface area contributed by atoms with Crippen LogP contribution in [-0.4, -0.2) is 24.0 Å². The van der Waals surface area contributed by atoms with E-state index < -0.39 is 17.4 Å². The van der Waals surface area contributed by atoms with E-state index in [1.807, 2.05) is 0 Å². The van der Waals surface area contributed by atoms with E-state index in [9.17, 15) is 14.0 Å². The molecule has 0 fully saturated rings. The summed E-state index contributed by atoms with van der Waals surface area (Å²) in [6.07, 6.45) is 3.24. The number of benzene rings is 1. The maximum absolute atomic E-state index is 14.0. The standard InChI is InChI=1S/C20H29FO4/c1-5-6-7-12-24-18-10-8-15(14-17(18)21)13-16(22)9-11-19(23)25-20(2,3)4/h8,10,14H,5-7,9,11-13H2,1-4H3. The van der Waals surface area contributed by atoms with Crippen LogP contribution >= 0.6 is 0 Å². The van der Waals surface area contributed by atoms with Gasteiger partial charge in [0.1, 0.15) is 11.4 Å². The largest absolute Gasteiger partial charge is 0.491 e. The zero-order chi connectivity index (χ0) is 18.9. The van der Waals surface area contributed by atoms with Crippen molar-refractivity contribution in [3.8, 4) is 5.75 Å². The molecule has 0 amide bonds. The molecule has 1 aromatic rings. The molecule has 0 unspecified atom stereocenters. The molecular weight excluding hydrogens is 323 g/mol. The lowest BCUT2D eigenvalue weighted by Crippen LogP contribution is -2.24. The van der Waals surface area contributed by atoms with E-state index in [4.69, 9.17) is 9.47 Å². The van der Waals surface area contributed by atoms with Crippen LogP contribution in [0.15, 0.2) is 18.2 Å². The fourth-order valence-electron chi connectivity index (χ4n) is 2.26. The SMILES string of the molecule is CCCCCOc1ccc(CC(=O)CCC(=O)OC(C)(C)C)cc1F. The lowest BCUT2D eigenvalue weighted by Gasteiger charge is -2.19. The van der Waals surface area contributed by atoms with E-state index in [0.29, 0.717) is 12.2 Å². The van der Waals surface area contributed by atoms with E-state index in [0.717, 1.165) is 19.3 Å². The summed E-state index contributed by atoms with van der Waals surface area (Å²) in [7, 11) is 0. The van der Waals surface area contributed by atoms with Gasteiger partial charge in [-0.15, -0.1) is 0 Å². The minimum atomic E-state index is -0.559. The number of halogens is 1. The molecule has 0 spiro atoms. The van der Waals surface area contributed by atoms with Crippen LogP contribution < -0.4 is 4.74 Å². The van der Waals surface area contributed by atoms with Crippen LogP contribution in [0.4, 0.5) is 4.39 Å². The fraction of sp³-hybridized carbons (Fsp3) is 0.600. The Labute approximate surface area is 149 Å². The molecule has 0 heterocycles. The Hall–Kier alpha value is -1.91. The van der Waals surface area contributed by atoms with Crippen LogP contribution in [-0.2, 0) is 20.7 Å². The number of hydrogen-bond donors (Lipinski definition) is 0. The molecule has 0 atom stereocenters. The molecule has 5 heteroatoms. The summed E-state index contributed by atoms with van der Waals surface area (Å²) in [5.41, 5.74) is 0.0172. The van der Waals surface area contributed by atoms with Gasteiger partial charge in [0.25, 0.3) is 0 Å². The molecular formula is C20H29FO4. The molecule has 0 aliphatic carbocycles. The van der Waals surface area contributed by atoms with Crippen molar-refractivity contribution in [3.63, 3.8) is 0 Å². The van der Waals surface area contributed by atoms with E-state index in [1.165, 1.54) is 6.07 Å². The lowest BCUT2D eigenvalue weighted by molar-refractivity contribution is -0.155. The quantitative estimate of drug-likeness (QED) is 0.455. The fourth-order valence-corrected chi connectivity index (χ4v) is 2.26. The van der Waals surface area contributed by atoms with Gasteiger partial charge in [-0.25, -0.2) is 4.39 Å². The van der Waals surface area contributed by atoms with Crippen LogP contribution in [0.3, 0.4) is 0 Å². The van der Waals surface area contributed by atoms with Crippen LogP contribution in [0, 0.1) is 5.82 Å². The second kappa shape index (κ2) is 10.2. The topological polar surface area (TPSA) is 52.6 Å². The molecule has 0 aromatic heterocycles. The number of ether oxygens (including phenoxy) is 2. The number of ketones is 1. The first-order valence-corrected chi connectivity index (χ1v) is 8.86. The Kier molecular flexibility index (Phi) is 8.59. The third-order valence-corrected chi connectivity index (χ3v) is 3.43. The van der Waals surface area contributed by atoms with E-state index in [-0.39, 0.29) is 30.8 Å². The average Bonchev–Trinajstić information content (AvgIpc) is 2.50. The monoisotopic (exact) mass is 352 g/mol. The number of unbranched alkanes of at least 4 members (excludes halogenated alkanes) is 2. The molecule has 0 saturated heterocycles. The van der Waals surface area contributed by atoms with Crippen LogP contribution in [0.2, 0.25) is 0 Å². The number of esters is 1. The minimum Gasteiger partial charge on any atom is -0.491 e. The minimum absolute atomic E-state index is 0.0389. The highest BCUT2D eigenvalue weighted by atomic mass is 19.1. The first-order chi connectivity index (χ1) is 11.7. The lowest BCUT2D eigenvalue weighted by atomic mass is 10.1. The summed E-state index contributed by atoms with van der Waals surface area (Å²) in [6, 6.07) is 4.56. The van der Waals surface area contributed by atoms with E-state index in [2.05, 4.69) is 6.92 Å². The third kappa shape index (κ3) is 9.22. The average molecular weight is 352 g/mol. The van der Waals surface area contributed by atoms with Gasteiger partial charge in [0.05, 0.1) is 13.0 Å². The maximum atomic E-state index is 14.0. The van der Waals surface area contributed by atoms with Crippen LogP contribution in [0.1, 0.15) is 65.4 Å². The number of rotatable bonds is 10. The van der Waals surface area contributed by atoms with Crippen LogP contribution in [0.5, 0.6) is 5.75 Å². The third-order valence-electron chi connectivity index (χ3n) is 3.43. The van der Waals surface area contributed by atoms with Crippen LogP contribution in [0.25, 0.3) is 0 Å². The van der Waals surface area contributed by atoms with Crippen molar-refractivity contribution in [2.75, 3.05) is 6.61 Å². The van der Waals surface area contributed by atoms with Crippen molar-refractivity contribution >= 4 is 11.8 Å².